The summed E-state index contributed by atoms with van der Waals surface area (Å²) in [4.78, 5) is 19.6. The third-order valence-corrected chi connectivity index (χ3v) is 2.04. The van der Waals surface area contributed by atoms with E-state index >= 15 is 0 Å². The van der Waals surface area contributed by atoms with Gasteiger partial charge in [-0.25, -0.2) is 14.8 Å². The molecule has 0 aliphatic carbocycles. The zero-order valence-electron chi connectivity index (χ0n) is 10.7. The molecular weight excluding hydrogens is 216 g/mol. The van der Waals surface area contributed by atoms with Crippen LogP contribution in [0.4, 0.5) is 0 Å². The normalized spacial score (nSPS) is 11.8. The van der Waals surface area contributed by atoms with Gasteiger partial charge in [0.25, 0.3) is 0 Å². The summed E-state index contributed by atoms with van der Waals surface area (Å²) >= 11 is 0. The maximum atomic E-state index is 11.1. The Morgan fingerprint density at radius 1 is 1.35 bits per heavy atom. The van der Waals surface area contributed by atoms with Gasteiger partial charge in [-0.2, -0.15) is 0 Å². The average Bonchev–Trinajstić information content (AvgIpc) is 2.26. The number of nitrogens with zero attached hydrogens (tertiary/aromatic N) is 2. The predicted octanol–water partition coefficient (Wildman–Crippen LogP) is 2.35. The Balaban J connectivity index is 2.72. The van der Waals surface area contributed by atoms with Crippen LogP contribution in [0.25, 0.3) is 6.08 Å². The highest BCUT2D eigenvalue weighted by atomic mass is 16.5. The highest BCUT2D eigenvalue weighted by Gasteiger charge is 2.16. The topological polar surface area (TPSA) is 52.1 Å². The molecule has 0 unspecified atom stereocenters. The highest BCUT2D eigenvalue weighted by Crippen LogP contribution is 2.17. The van der Waals surface area contributed by atoms with Crippen LogP contribution in [0.5, 0.6) is 0 Å². The smallest absolute Gasteiger partial charge is 0.330 e. The van der Waals surface area contributed by atoms with Crippen molar-refractivity contribution in [3.63, 3.8) is 0 Å². The van der Waals surface area contributed by atoms with Crippen LogP contribution in [0.2, 0.25) is 0 Å². The molecule has 4 nitrogen and oxygen atoms in total. The van der Waals surface area contributed by atoms with E-state index in [9.17, 15) is 4.79 Å². The summed E-state index contributed by atoms with van der Waals surface area (Å²) in [6.45, 7) is 8.30. The summed E-state index contributed by atoms with van der Waals surface area (Å²) in [5, 5.41) is 0. The number of hydrogen-bond acceptors (Lipinski definition) is 4. The Labute approximate surface area is 102 Å². The molecule has 0 aliphatic heterocycles. The molecule has 1 heterocycles. The van der Waals surface area contributed by atoms with Crippen molar-refractivity contribution in [1.82, 2.24) is 9.97 Å². The van der Waals surface area contributed by atoms with Crippen LogP contribution in [-0.2, 0) is 14.9 Å². The lowest BCUT2D eigenvalue weighted by molar-refractivity contribution is -0.137. The number of rotatable bonds is 3. The van der Waals surface area contributed by atoms with Crippen LogP contribution >= 0.6 is 0 Å². The summed E-state index contributed by atoms with van der Waals surface area (Å²) in [5.41, 5.74) is 0.717. The third-order valence-electron chi connectivity index (χ3n) is 2.04. The van der Waals surface area contributed by atoms with Crippen LogP contribution < -0.4 is 0 Å². The number of aromatic nitrogens is 2. The molecule has 0 saturated carbocycles. The Hall–Kier alpha value is -1.71. The molecule has 0 bridgehead atoms. The van der Waals surface area contributed by atoms with E-state index in [0.29, 0.717) is 6.61 Å². The van der Waals surface area contributed by atoms with Gasteiger partial charge in [-0.05, 0) is 13.0 Å². The fourth-order valence-electron chi connectivity index (χ4n) is 1.17. The number of carbonyl (C=O) groups is 1. The van der Waals surface area contributed by atoms with Crippen molar-refractivity contribution in [1.29, 1.82) is 0 Å². The third kappa shape index (κ3) is 4.34. The van der Waals surface area contributed by atoms with Gasteiger partial charge in [-0.15, -0.1) is 0 Å². The number of carbonyl (C=O) groups excluding carboxylic acids is 1. The molecular formula is C13H18N2O2. The van der Waals surface area contributed by atoms with E-state index in [0.717, 1.165) is 11.4 Å². The molecule has 0 saturated heterocycles. The highest BCUT2D eigenvalue weighted by molar-refractivity contribution is 5.86. The molecule has 1 rings (SSSR count). The van der Waals surface area contributed by atoms with Crippen LogP contribution in [-0.4, -0.2) is 22.5 Å². The molecule has 0 aliphatic rings. The molecule has 0 aromatic carbocycles. The second-order valence-corrected chi connectivity index (χ2v) is 4.68. The second-order valence-electron chi connectivity index (χ2n) is 4.68. The van der Waals surface area contributed by atoms with Crippen LogP contribution in [0, 0.1) is 0 Å². The standard InChI is InChI=1S/C13H18N2O2/c1-5-17-11(16)7-6-10-8-14-12(15-9-10)13(2,3)4/h6-9H,5H2,1-4H3. The molecule has 1 aromatic heterocycles. The van der Waals surface area contributed by atoms with Gasteiger partial charge in [-0.3, -0.25) is 0 Å². The molecule has 0 radical (unpaired) electrons. The van der Waals surface area contributed by atoms with Crippen molar-refractivity contribution < 1.29 is 9.53 Å². The fraction of sp³-hybridized carbons (Fsp3) is 0.462. The van der Waals surface area contributed by atoms with E-state index in [4.69, 9.17) is 4.74 Å². The van der Waals surface area contributed by atoms with Crippen molar-refractivity contribution in [3.05, 3.63) is 29.9 Å². The minimum Gasteiger partial charge on any atom is -0.463 e. The predicted molar refractivity (Wildman–Crippen MR) is 66.4 cm³/mol. The molecule has 1 aromatic rings. The Morgan fingerprint density at radius 2 is 1.94 bits per heavy atom. The maximum Gasteiger partial charge on any atom is 0.330 e. The lowest BCUT2D eigenvalue weighted by atomic mass is 9.96. The van der Waals surface area contributed by atoms with Crippen molar-refractivity contribution in [2.75, 3.05) is 6.61 Å². The largest absolute Gasteiger partial charge is 0.463 e. The zero-order chi connectivity index (χ0) is 12.9. The lowest BCUT2D eigenvalue weighted by Crippen LogP contribution is -2.15. The first-order chi connectivity index (χ1) is 7.93. The van der Waals surface area contributed by atoms with E-state index in [1.54, 1.807) is 25.4 Å². The number of esters is 1. The lowest BCUT2D eigenvalue weighted by Gasteiger charge is -2.15. The zero-order valence-corrected chi connectivity index (χ0v) is 10.7. The summed E-state index contributed by atoms with van der Waals surface area (Å²) in [6.07, 6.45) is 6.41. The SMILES string of the molecule is CCOC(=O)C=Cc1cnc(C(C)(C)C)nc1. The minimum atomic E-state index is -0.354. The quantitative estimate of drug-likeness (QED) is 0.595. The Morgan fingerprint density at radius 3 is 2.41 bits per heavy atom. The number of ether oxygens (including phenoxy) is 1. The first-order valence-corrected chi connectivity index (χ1v) is 5.61. The van der Waals surface area contributed by atoms with Gasteiger partial charge < -0.3 is 4.74 Å². The van der Waals surface area contributed by atoms with Gasteiger partial charge in [0.05, 0.1) is 6.61 Å². The van der Waals surface area contributed by atoms with Gasteiger partial charge in [0.2, 0.25) is 0 Å². The van der Waals surface area contributed by atoms with Crippen molar-refractivity contribution in [2.45, 2.75) is 33.1 Å². The van der Waals surface area contributed by atoms with Crippen molar-refractivity contribution >= 4 is 12.0 Å². The summed E-state index contributed by atoms with van der Waals surface area (Å²) in [6, 6.07) is 0. The van der Waals surface area contributed by atoms with Crippen LogP contribution in [0.1, 0.15) is 39.1 Å². The molecule has 0 fully saturated rings. The van der Waals surface area contributed by atoms with E-state index in [-0.39, 0.29) is 11.4 Å². The molecule has 92 valence electrons. The monoisotopic (exact) mass is 234 g/mol. The molecule has 0 spiro atoms. The van der Waals surface area contributed by atoms with E-state index in [1.807, 2.05) is 0 Å². The molecule has 0 N–H and O–H groups in total. The van der Waals surface area contributed by atoms with Crippen molar-refractivity contribution in [3.8, 4) is 0 Å². The summed E-state index contributed by atoms with van der Waals surface area (Å²) in [7, 11) is 0. The van der Waals surface area contributed by atoms with Crippen molar-refractivity contribution in [2.24, 2.45) is 0 Å². The average molecular weight is 234 g/mol. The first kappa shape index (κ1) is 13.4. The maximum absolute atomic E-state index is 11.1. The van der Waals surface area contributed by atoms with Crippen LogP contribution in [0.15, 0.2) is 18.5 Å². The minimum absolute atomic E-state index is 0.0661. The first-order valence-electron chi connectivity index (χ1n) is 5.61. The van der Waals surface area contributed by atoms with Crippen LogP contribution in [0.3, 0.4) is 0 Å². The Bertz CT molecular complexity index is 402. The molecule has 0 amide bonds. The molecule has 17 heavy (non-hydrogen) atoms. The summed E-state index contributed by atoms with van der Waals surface area (Å²) in [5.74, 6) is 0.429. The fourth-order valence-corrected chi connectivity index (χ4v) is 1.17. The van der Waals surface area contributed by atoms with Gasteiger partial charge >= 0.3 is 5.97 Å². The second kappa shape index (κ2) is 5.57. The van der Waals surface area contributed by atoms with Gasteiger partial charge in [0.1, 0.15) is 5.82 Å². The number of hydrogen-bond donors (Lipinski definition) is 0. The van der Waals surface area contributed by atoms with E-state index in [1.165, 1.54) is 6.08 Å². The summed E-state index contributed by atoms with van der Waals surface area (Å²) < 4.78 is 4.78. The molecule has 0 atom stereocenters. The van der Waals surface area contributed by atoms with E-state index in [2.05, 4.69) is 30.7 Å². The van der Waals surface area contributed by atoms with Gasteiger partial charge in [-0.1, -0.05) is 20.8 Å². The van der Waals surface area contributed by atoms with Gasteiger partial charge in [0, 0.05) is 29.4 Å². The van der Waals surface area contributed by atoms with Gasteiger partial charge in [0.15, 0.2) is 0 Å². The molecule has 4 heteroatoms. The van der Waals surface area contributed by atoms with E-state index < -0.39 is 0 Å². The Kier molecular flexibility index (Phi) is 4.37.